The van der Waals surface area contributed by atoms with Crippen molar-refractivity contribution in [2.75, 3.05) is 13.2 Å². The van der Waals surface area contributed by atoms with E-state index in [0.29, 0.717) is 40.6 Å². The van der Waals surface area contributed by atoms with Crippen LogP contribution in [0.4, 0.5) is 0 Å². The van der Waals surface area contributed by atoms with Gasteiger partial charge in [-0.2, -0.15) is 0 Å². The van der Waals surface area contributed by atoms with Crippen molar-refractivity contribution in [3.63, 3.8) is 0 Å². The van der Waals surface area contributed by atoms with Crippen LogP contribution in [0.2, 0.25) is 0 Å². The predicted octanol–water partition coefficient (Wildman–Crippen LogP) is 0.622. The third kappa shape index (κ3) is 1.18. The van der Waals surface area contributed by atoms with Crippen molar-refractivity contribution in [3.05, 3.63) is 17.3 Å². The molecule has 0 radical (unpaired) electrons. The maximum atomic E-state index is 11.1. The van der Waals surface area contributed by atoms with Crippen LogP contribution in [0.25, 0.3) is 11.0 Å². The van der Waals surface area contributed by atoms with Crippen molar-refractivity contribution in [1.29, 1.82) is 0 Å². The minimum absolute atomic E-state index is 0.347. The molecule has 0 bridgehead atoms. The second-order valence-electron chi connectivity index (χ2n) is 3.24. The van der Waals surface area contributed by atoms with Crippen molar-refractivity contribution >= 4 is 11.0 Å². The second-order valence-corrected chi connectivity index (χ2v) is 3.24. The average molecular weight is 208 g/mol. The highest BCUT2D eigenvalue weighted by molar-refractivity contribution is 5.81. The first-order valence-electron chi connectivity index (χ1n) is 4.64. The van der Waals surface area contributed by atoms with Gasteiger partial charge in [-0.25, -0.2) is 0 Å². The van der Waals surface area contributed by atoms with E-state index >= 15 is 0 Å². The van der Waals surface area contributed by atoms with Crippen LogP contribution in [0, 0.1) is 5.21 Å². The second kappa shape index (κ2) is 3.01. The molecule has 2 aromatic rings. The Balaban J connectivity index is 2.27. The van der Waals surface area contributed by atoms with Gasteiger partial charge < -0.3 is 14.7 Å². The summed E-state index contributed by atoms with van der Waals surface area (Å²) in [5.74, 6) is 1.09. The van der Waals surface area contributed by atoms with Gasteiger partial charge in [0.05, 0.1) is 18.4 Å². The van der Waals surface area contributed by atoms with Crippen LogP contribution in [0.1, 0.15) is 6.42 Å². The van der Waals surface area contributed by atoms with Crippen LogP contribution in [-0.2, 0) is 0 Å². The smallest absolute Gasteiger partial charge is 0.294 e. The Bertz CT molecular complexity index is 508. The normalized spacial score (nSPS) is 15.2. The number of rotatable bonds is 0. The first kappa shape index (κ1) is 8.34. The Labute approximate surface area is 84.5 Å². The molecule has 0 saturated carbocycles. The number of hydrogen-bond acceptors (Lipinski definition) is 5. The van der Waals surface area contributed by atoms with Gasteiger partial charge >= 0.3 is 0 Å². The lowest BCUT2D eigenvalue weighted by molar-refractivity contribution is -0.782. The van der Waals surface area contributed by atoms with Crippen LogP contribution in [0.3, 0.4) is 0 Å². The van der Waals surface area contributed by atoms with Gasteiger partial charge in [-0.05, 0) is 17.0 Å². The third-order valence-corrected chi connectivity index (χ3v) is 2.27. The minimum atomic E-state index is 0.347. The zero-order valence-electron chi connectivity index (χ0n) is 7.80. The number of nitrogens with zero attached hydrogens (tertiary/aromatic N) is 2. The number of fused-ring (bicyclic) bond motifs is 3. The highest BCUT2D eigenvalue weighted by atomic mass is 16.8. The highest BCUT2D eigenvalue weighted by Crippen LogP contribution is 2.34. The molecule has 1 aliphatic heterocycles. The SMILES string of the molecule is [O-][n+]1onc2c3c(ccc21)OCCCO3. The van der Waals surface area contributed by atoms with E-state index < -0.39 is 0 Å². The molecular formula is C9H8N2O4. The van der Waals surface area contributed by atoms with Gasteiger partial charge in [0, 0.05) is 6.42 Å². The summed E-state index contributed by atoms with van der Waals surface area (Å²) in [6.45, 7) is 1.16. The van der Waals surface area contributed by atoms with Crippen molar-refractivity contribution in [1.82, 2.24) is 5.16 Å². The summed E-state index contributed by atoms with van der Waals surface area (Å²) in [5, 5.41) is 14.8. The van der Waals surface area contributed by atoms with Crippen molar-refractivity contribution in [2.24, 2.45) is 0 Å². The van der Waals surface area contributed by atoms with E-state index in [9.17, 15) is 5.21 Å². The lowest BCUT2D eigenvalue weighted by atomic mass is 10.2. The summed E-state index contributed by atoms with van der Waals surface area (Å²) in [6.07, 6.45) is 0.811. The fourth-order valence-electron chi connectivity index (χ4n) is 1.57. The molecule has 0 saturated heterocycles. The van der Waals surface area contributed by atoms with Gasteiger partial charge in [0.15, 0.2) is 5.75 Å². The van der Waals surface area contributed by atoms with E-state index in [1.165, 1.54) is 0 Å². The quantitative estimate of drug-likeness (QED) is 0.593. The molecule has 6 nitrogen and oxygen atoms in total. The molecule has 15 heavy (non-hydrogen) atoms. The molecule has 3 rings (SSSR count). The van der Waals surface area contributed by atoms with E-state index in [2.05, 4.69) is 9.79 Å². The van der Waals surface area contributed by atoms with Crippen molar-refractivity contribution in [3.8, 4) is 11.5 Å². The monoisotopic (exact) mass is 208 g/mol. The topological polar surface area (TPSA) is 71.4 Å². The maximum Gasteiger partial charge on any atom is 0.294 e. The van der Waals surface area contributed by atoms with Crippen molar-refractivity contribution in [2.45, 2.75) is 6.42 Å². The van der Waals surface area contributed by atoms with Crippen LogP contribution in [-0.4, -0.2) is 18.4 Å². The molecule has 1 aromatic carbocycles. The molecule has 0 unspecified atom stereocenters. The summed E-state index contributed by atoms with van der Waals surface area (Å²) in [5.41, 5.74) is 0.753. The van der Waals surface area contributed by atoms with E-state index in [1.807, 2.05) is 0 Å². The van der Waals surface area contributed by atoms with Gasteiger partial charge in [0.1, 0.15) is 0 Å². The number of hydrogen-bond donors (Lipinski definition) is 0. The van der Waals surface area contributed by atoms with Gasteiger partial charge in [0.25, 0.3) is 5.52 Å². The molecule has 2 heterocycles. The number of benzene rings is 1. The predicted molar refractivity (Wildman–Crippen MR) is 48.6 cm³/mol. The van der Waals surface area contributed by atoms with Gasteiger partial charge in [-0.3, -0.25) is 4.63 Å². The molecule has 0 atom stereocenters. The molecule has 78 valence electrons. The lowest BCUT2D eigenvalue weighted by Gasteiger charge is -2.03. The van der Waals surface area contributed by atoms with Crippen LogP contribution in [0.5, 0.6) is 11.5 Å². The molecule has 6 heteroatoms. The minimum Gasteiger partial charge on any atom is -0.489 e. The average Bonchev–Trinajstić information content (AvgIpc) is 2.51. The zero-order valence-corrected chi connectivity index (χ0v) is 7.80. The Kier molecular flexibility index (Phi) is 1.67. The van der Waals surface area contributed by atoms with Crippen LogP contribution < -0.4 is 14.4 Å². The first-order chi connectivity index (χ1) is 7.36. The molecule has 0 N–H and O–H groups in total. The molecule has 0 fully saturated rings. The molecule has 0 spiro atoms. The van der Waals surface area contributed by atoms with Gasteiger partial charge in [-0.15, -0.1) is 0 Å². The summed E-state index contributed by atoms with van der Waals surface area (Å²) >= 11 is 0. The van der Waals surface area contributed by atoms with E-state index in [4.69, 9.17) is 9.47 Å². The summed E-state index contributed by atoms with van der Waals surface area (Å²) in [4.78, 5) is 0.351. The molecule has 1 aliphatic rings. The van der Waals surface area contributed by atoms with Gasteiger partial charge in [-0.1, -0.05) is 0 Å². The highest BCUT2D eigenvalue weighted by Gasteiger charge is 2.22. The largest absolute Gasteiger partial charge is 0.489 e. The Hall–Kier alpha value is -1.98. The zero-order chi connectivity index (χ0) is 10.3. The number of ether oxygens (including phenoxy) is 2. The van der Waals surface area contributed by atoms with Gasteiger partial charge in [0.2, 0.25) is 11.3 Å². The fourth-order valence-corrected chi connectivity index (χ4v) is 1.57. The maximum absolute atomic E-state index is 11.1. The van der Waals surface area contributed by atoms with E-state index in [0.717, 1.165) is 6.42 Å². The van der Waals surface area contributed by atoms with Crippen LogP contribution >= 0.6 is 0 Å². The summed E-state index contributed by atoms with van der Waals surface area (Å²) < 4.78 is 15.4. The number of aromatic nitrogens is 2. The molecule has 0 aliphatic carbocycles. The lowest BCUT2D eigenvalue weighted by Crippen LogP contribution is -2.22. The Morgan fingerprint density at radius 2 is 2.13 bits per heavy atom. The molecular weight excluding hydrogens is 200 g/mol. The van der Waals surface area contributed by atoms with Crippen molar-refractivity contribution < 1.29 is 19.0 Å². The Morgan fingerprint density at radius 3 is 3.07 bits per heavy atom. The summed E-state index contributed by atoms with van der Waals surface area (Å²) in [7, 11) is 0. The fraction of sp³-hybridized carbons (Fsp3) is 0.333. The Morgan fingerprint density at radius 1 is 1.27 bits per heavy atom. The standard InChI is InChI=1S/C9H8N2O4/c12-11-6-2-3-7-9(8(6)10-15-11)14-5-1-4-13-7/h2-3H,1,4-5H2. The summed E-state index contributed by atoms with van der Waals surface area (Å²) in [6, 6.07) is 3.29. The third-order valence-electron chi connectivity index (χ3n) is 2.27. The van der Waals surface area contributed by atoms with Crippen LogP contribution in [0.15, 0.2) is 16.8 Å². The van der Waals surface area contributed by atoms with E-state index in [-0.39, 0.29) is 0 Å². The molecule has 1 aromatic heterocycles. The first-order valence-corrected chi connectivity index (χ1v) is 4.64. The molecule has 0 amide bonds. The van der Waals surface area contributed by atoms with E-state index in [1.54, 1.807) is 12.1 Å².